The van der Waals surface area contributed by atoms with Crippen LogP contribution in [0.2, 0.25) is 0 Å². The van der Waals surface area contributed by atoms with E-state index in [-0.39, 0.29) is 0 Å². The summed E-state index contributed by atoms with van der Waals surface area (Å²) in [7, 11) is 1.70. The molecule has 0 aliphatic heterocycles. The average molecular weight is 254 g/mol. The third kappa shape index (κ3) is 5.99. The molecule has 3 heteroatoms. The lowest BCUT2D eigenvalue weighted by atomic mass is 10.1. The van der Waals surface area contributed by atoms with Gasteiger partial charge in [0.25, 0.3) is 0 Å². The highest BCUT2D eigenvalue weighted by Gasteiger charge is 2.02. The Labute approximate surface area is 110 Å². The Kier molecular flexibility index (Phi) is 7.13. The van der Waals surface area contributed by atoms with Crippen LogP contribution in [0.15, 0.2) is 24.3 Å². The van der Waals surface area contributed by atoms with E-state index in [9.17, 15) is 0 Å². The van der Waals surface area contributed by atoms with Crippen LogP contribution >= 0.6 is 12.6 Å². The zero-order valence-corrected chi connectivity index (χ0v) is 11.6. The molecule has 0 N–H and O–H groups in total. The van der Waals surface area contributed by atoms with Crippen LogP contribution < -0.4 is 4.74 Å². The van der Waals surface area contributed by atoms with E-state index in [1.807, 2.05) is 24.3 Å². The molecule has 1 aromatic rings. The van der Waals surface area contributed by atoms with Crippen molar-refractivity contribution in [3.8, 4) is 5.75 Å². The molecule has 0 aliphatic rings. The second-order valence-electron chi connectivity index (χ2n) is 4.34. The van der Waals surface area contributed by atoms with Crippen LogP contribution in [0, 0.1) is 5.92 Å². The molecule has 0 saturated heterocycles. The van der Waals surface area contributed by atoms with Crippen molar-refractivity contribution in [2.75, 3.05) is 19.5 Å². The van der Waals surface area contributed by atoms with Gasteiger partial charge in [-0.1, -0.05) is 19.1 Å². The highest BCUT2D eigenvalue weighted by atomic mass is 32.1. The molecule has 0 amide bonds. The van der Waals surface area contributed by atoms with Crippen LogP contribution in [0.1, 0.15) is 25.3 Å². The first kappa shape index (κ1) is 14.4. The molecule has 1 rings (SSSR count). The molecule has 96 valence electrons. The Hall–Kier alpha value is -0.670. The molecular formula is C14H22O2S. The van der Waals surface area contributed by atoms with E-state index in [1.54, 1.807) is 7.11 Å². The second-order valence-corrected chi connectivity index (χ2v) is 4.78. The maximum Gasteiger partial charge on any atom is 0.119 e. The first-order valence-corrected chi connectivity index (χ1v) is 6.71. The van der Waals surface area contributed by atoms with E-state index in [1.165, 1.54) is 0 Å². The summed E-state index contributed by atoms with van der Waals surface area (Å²) < 4.78 is 10.8. The Morgan fingerprint density at radius 3 is 2.82 bits per heavy atom. The third-order valence-corrected chi connectivity index (χ3v) is 2.97. The largest absolute Gasteiger partial charge is 0.494 e. The first-order valence-electron chi connectivity index (χ1n) is 6.07. The van der Waals surface area contributed by atoms with Gasteiger partial charge in [-0.2, -0.15) is 12.6 Å². The minimum absolute atomic E-state index is 0.632. The predicted octanol–water partition coefficient (Wildman–Crippen LogP) is 3.56. The minimum atomic E-state index is 0.632. The second kappa shape index (κ2) is 8.43. The maximum absolute atomic E-state index is 5.73. The van der Waals surface area contributed by atoms with Crippen molar-refractivity contribution in [1.82, 2.24) is 0 Å². The monoisotopic (exact) mass is 254 g/mol. The lowest BCUT2D eigenvalue weighted by molar-refractivity contribution is 0.184. The van der Waals surface area contributed by atoms with Gasteiger partial charge in [-0.15, -0.1) is 0 Å². The SMILES string of the molecule is COCc1cccc(OCCC(C)CCS)c1. The summed E-state index contributed by atoms with van der Waals surface area (Å²) in [5.74, 6) is 2.55. The Morgan fingerprint density at radius 1 is 1.29 bits per heavy atom. The smallest absolute Gasteiger partial charge is 0.119 e. The van der Waals surface area contributed by atoms with Crippen molar-refractivity contribution >= 4 is 12.6 Å². The molecule has 0 spiro atoms. The Balaban J connectivity index is 2.33. The lowest BCUT2D eigenvalue weighted by Crippen LogP contribution is -2.05. The molecule has 1 atom stereocenters. The maximum atomic E-state index is 5.73. The summed E-state index contributed by atoms with van der Waals surface area (Å²) in [4.78, 5) is 0. The van der Waals surface area contributed by atoms with Crippen LogP contribution in [0.5, 0.6) is 5.75 Å². The number of hydrogen-bond acceptors (Lipinski definition) is 3. The molecule has 17 heavy (non-hydrogen) atoms. The average Bonchev–Trinajstić information content (AvgIpc) is 2.30. The number of hydrogen-bond donors (Lipinski definition) is 1. The summed E-state index contributed by atoms with van der Waals surface area (Å²) in [5, 5.41) is 0. The van der Waals surface area contributed by atoms with E-state index < -0.39 is 0 Å². The molecule has 0 aliphatic carbocycles. The van der Waals surface area contributed by atoms with Crippen molar-refractivity contribution in [3.63, 3.8) is 0 Å². The summed E-state index contributed by atoms with van der Waals surface area (Å²) in [6.45, 7) is 3.64. The van der Waals surface area contributed by atoms with E-state index in [0.29, 0.717) is 12.5 Å². The highest BCUT2D eigenvalue weighted by molar-refractivity contribution is 7.80. The van der Waals surface area contributed by atoms with Crippen LogP contribution in [0.25, 0.3) is 0 Å². The van der Waals surface area contributed by atoms with Gasteiger partial charge in [0.05, 0.1) is 13.2 Å². The molecule has 0 heterocycles. The van der Waals surface area contributed by atoms with Crippen molar-refractivity contribution in [2.24, 2.45) is 5.92 Å². The molecule has 0 saturated carbocycles. The quantitative estimate of drug-likeness (QED) is 0.715. The molecule has 0 bridgehead atoms. The minimum Gasteiger partial charge on any atom is -0.494 e. The van der Waals surface area contributed by atoms with E-state index in [4.69, 9.17) is 9.47 Å². The van der Waals surface area contributed by atoms with Crippen molar-refractivity contribution in [2.45, 2.75) is 26.4 Å². The lowest BCUT2D eigenvalue weighted by Gasteiger charge is -2.11. The summed E-state index contributed by atoms with van der Waals surface area (Å²) in [6, 6.07) is 8.07. The van der Waals surface area contributed by atoms with Gasteiger partial charge in [-0.05, 0) is 42.2 Å². The van der Waals surface area contributed by atoms with E-state index in [2.05, 4.69) is 19.6 Å². The number of thiol groups is 1. The molecule has 1 aromatic carbocycles. The topological polar surface area (TPSA) is 18.5 Å². The first-order chi connectivity index (χ1) is 8.26. The van der Waals surface area contributed by atoms with Gasteiger partial charge in [-0.3, -0.25) is 0 Å². The molecule has 1 unspecified atom stereocenters. The van der Waals surface area contributed by atoms with E-state index >= 15 is 0 Å². The van der Waals surface area contributed by atoms with Crippen LogP contribution in [-0.4, -0.2) is 19.5 Å². The van der Waals surface area contributed by atoms with Gasteiger partial charge in [0.1, 0.15) is 5.75 Å². The molecule has 0 fully saturated rings. The van der Waals surface area contributed by atoms with Gasteiger partial charge >= 0.3 is 0 Å². The van der Waals surface area contributed by atoms with Gasteiger partial charge in [0.2, 0.25) is 0 Å². The van der Waals surface area contributed by atoms with Crippen molar-refractivity contribution < 1.29 is 9.47 Å². The van der Waals surface area contributed by atoms with Gasteiger partial charge in [0, 0.05) is 7.11 Å². The molecule has 2 nitrogen and oxygen atoms in total. The fourth-order valence-electron chi connectivity index (χ4n) is 1.63. The standard InChI is InChI=1S/C14H22O2S/c1-12(7-9-17)6-8-16-14-5-3-4-13(10-14)11-15-2/h3-5,10,12,17H,6-9,11H2,1-2H3. The highest BCUT2D eigenvalue weighted by Crippen LogP contribution is 2.15. The summed E-state index contributed by atoms with van der Waals surface area (Å²) in [5.41, 5.74) is 1.15. The Bertz CT molecular complexity index is 315. The van der Waals surface area contributed by atoms with Gasteiger partial charge in [0.15, 0.2) is 0 Å². The number of benzene rings is 1. The van der Waals surface area contributed by atoms with Crippen molar-refractivity contribution in [3.05, 3.63) is 29.8 Å². The third-order valence-electron chi connectivity index (χ3n) is 2.71. The number of rotatable bonds is 8. The molecule has 0 aromatic heterocycles. The number of methoxy groups -OCH3 is 1. The van der Waals surface area contributed by atoms with Gasteiger partial charge in [-0.25, -0.2) is 0 Å². The zero-order chi connectivity index (χ0) is 12.5. The fraction of sp³-hybridized carbons (Fsp3) is 0.571. The van der Waals surface area contributed by atoms with Gasteiger partial charge < -0.3 is 9.47 Å². The zero-order valence-electron chi connectivity index (χ0n) is 10.7. The van der Waals surface area contributed by atoms with Crippen LogP contribution in [0.3, 0.4) is 0 Å². The number of ether oxygens (including phenoxy) is 2. The van der Waals surface area contributed by atoms with Crippen molar-refractivity contribution in [1.29, 1.82) is 0 Å². The predicted molar refractivity (Wildman–Crippen MR) is 74.9 cm³/mol. The Morgan fingerprint density at radius 2 is 2.12 bits per heavy atom. The summed E-state index contributed by atoms with van der Waals surface area (Å²) in [6.07, 6.45) is 2.23. The normalized spacial score (nSPS) is 12.4. The van der Waals surface area contributed by atoms with E-state index in [0.717, 1.165) is 36.5 Å². The fourth-order valence-corrected chi connectivity index (χ4v) is 2.08. The van der Waals surface area contributed by atoms with Crippen LogP contribution in [-0.2, 0) is 11.3 Å². The summed E-state index contributed by atoms with van der Waals surface area (Å²) >= 11 is 4.23. The van der Waals surface area contributed by atoms with Crippen LogP contribution in [0.4, 0.5) is 0 Å². The molecular weight excluding hydrogens is 232 g/mol. The molecule has 0 radical (unpaired) electrons.